The molecule has 2 atom stereocenters. The largest absolute Gasteiger partial charge is 0.495 e. The summed E-state index contributed by atoms with van der Waals surface area (Å²) >= 11 is 3.40. The van der Waals surface area contributed by atoms with Gasteiger partial charge in [0.15, 0.2) is 0 Å². The number of halogens is 2. The van der Waals surface area contributed by atoms with E-state index >= 15 is 0 Å². The number of hydrogen-bond acceptors (Lipinski definition) is 4. The van der Waals surface area contributed by atoms with Crippen LogP contribution in [0.3, 0.4) is 0 Å². The van der Waals surface area contributed by atoms with Crippen molar-refractivity contribution >= 4 is 26.0 Å². The molecule has 0 aliphatic carbocycles. The number of rotatable bonds is 4. The van der Waals surface area contributed by atoms with Crippen LogP contribution in [0.2, 0.25) is 0 Å². The van der Waals surface area contributed by atoms with E-state index in [2.05, 4.69) is 21.0 Å². The maximum absolute atomic E-state index is 13.7. The number of fused-ring (bicyclic) bond motifs is 2. The van der Waals surface area contributed by atoms with Crippen LogP contribution in [-0.2, 0) is 10.0 Å². The molecule has 2 bridgehead atoms. The highest BCUT2D eigenvalue weighted by Gasteiger charge is 2.48. The summed E-state index contributed by atoms with van der Waals surface area (Å²) in [5.41, 5.74) is 0. The smallest absolute Gasteiger partial charge is 0.247 e. The van der Waals surface area contributed by atoms with Gasteiger partial charge in [0.25, 0.3) is 0 Å². The third kappa shape index (κ3) is 2.95. The van der Waals surface area contributed by atoms with Crippen molar-refractivity contribution < 1.29 is 17.5 Å². The minimum absolute atomic E-state index is 0.0998. The van der Waals surface area contributed by atoms with Crippen molar-refractivity contribution in [1.29, 1.82) is 0 Å². The van der Waals surface area contributed by atoms with Crippen LogP contribution in [0.15, 0.2) is 40.0 Å². The lowest BCUT2D eigenvalue weighted by Gasteiger charge is -2.38. The molecule has 4 rings (SSSR count). The summed E-state index contributed by atoms with van der Waals surface area (Å²) < 4.78 is 49.8. The Morgan fingerprint density at radius 3 is 2.50 bits per heavy atom. The number of methoxy groups -OCH3 is 1. The van der Waals surface area contributed by atoms with Crippen molar-refractivity contribution in [2.75, 3.05) is 7.11 Å². The second-order valence-electron chi connectivity index (χ2n) is 6.78. The number of ether oxygens (including phenoxy) is 1. The summed E-state index contributed by atoms with van der Waals surface area (Å²) in [7, 11) is -2.44. The number of nitrogens with zero attached hydrogens (tertiary/aromatic N) is 3. The second kappa shape index (κ2) is 6.61. The predicted octanol–water partition coefficient (Wildman–Crippen LogP) is 3.35. The summed E-state index contributed by atoms with van der Waals surface area (Å²) in [6, 6.07) is 3.55. The first-order valence-electron chi connectivity index (χ1n) is 8.47. The number of sulfonamides is 1. The molecule has 1 aromatic heterocycles. The lowest BCUT2D eigenvalue weighted by atomic mass is 10.00. The van der Waals surface area contributed by atoms with Gasteiger partial charge in [-0.25, -0.2) is 12.8 Å². The van der Waals surface area contributed by atoms with Crippen molar-refractivity contribution in [1.82, 2.24) is 14.1 Å². The van der Waals surface area contributed by atoms with E-state index in [1.165, 1.54) is 19.2 Å². The Morgan fingerprint density at radius 2 is 1.92 bits per heavy atom. The summed E-state index contributed by atoms with van der Waals surface area (Å²) in [5.74, 6) is -0.420. The first-order valence-corrected chi connectivity index (χ1v) is 10.7. The zero-order chi connectivity index (χ0) is 18.5. The number of aromatic nitrogens is 2. The molecule has 0 amide bonds. The van der Waals surface area contributed by atoms with Gasteiger partial charge in [-0.3, -0.25) is 4.68 Å². The zero-order valence-corrected chi connectivity index (χ0v) is 16.6. The van der Waals surface area contributed by atoms with Gasteiger partial charge in [-0.2, -0.15) is 9.40 Å². The molecule has 0 N–H and O–H groups in total. The molecular formula is C17H19BrFN3O3S. The normalized spacial score (nSPS) is 26.2. The Hall–Kier alpha value is -1.45. The van der Waals surface area contributed by atoms with E-state index < -0.39 is 15.8 Å². The van der Waals surface area contributed by atoms with Crippen molar-refractivity contribution in [3.8, 4) is 5.75 Å². The van der Waals surface area contributed by atoms with E-state index in [1.54, 1.807) is 10.5 Å². The highest BCUT2D eigenvalue weighted by Crippen LogP contribution is 2.44. The molecule has 2 fully saturated rings. The highest BCUT2D eigenvalue weighted by atomic mass is 79.9. The van der Waals surface area contributed by atoms with E-state index in [9.17, 15) is 12.8 Å². The minimum atomic E-state index is -3.83. The van der Waals surface area contributed by atoms with Crippen LogP contribution in [0.25, 0.3) is 0 Å². The summed E-state index contributed by atoms with van der Waals surface area (Å²) in [5, 5.41) is 4.35. The Balaban J connectivity index is 1.66. The fourth-order valence-corrected chi connectivity index (χ4v) is 6.56. The third-order valence-corrected chi connectivity index (χ3v) is 7.70. The molecule has 2 aliphatic rings. The zero-order valence-electron chi connectivity index (χ0n) is 14.2. The van der Waals surface area contributed by atoms with Gasteiger partial charge in [0.2, 0.25) is 10.0 Å². The van der Waals surface area contributed by atoms with Gasteiger partial charge in [0.05, 0.1) is 23.8 Å². The molecule has 2 aliphatic heterocycles. The quantitative estimate of drug-likeness (QED) is 0.726. The van der Waals surface area contributed by atoms with Crippen molar-refractivity contribution in [2.24, 2.45) is 0 Å². The first-order chi connectivity index (χ1) is 12.4. The minimum Gasteiger partial charge on any atom is -0.495 e. The molecular weight excluding hydrogens is 425 g/mol. The Morgan fingerprint density at radius 1 is 1.23 bits per heavy atom. The highest BCUT2D eigenvalue weighted by molar-refractivity contribution is 9.10. The van der Waals surface area contributed by atoms with Gasteiger partial charge in [0, 0.05) is 18.3 Å². The van der Waals surface area contributed by atoms with Gasteiger partial charge in [-0.05, 0) is 59.8 Å². The van der Waals surface area contributed by atoms with Crippen LogP contribution in [0.1, 0.15) is 31.7 Å². The van der Waals surface area contributed by atoms with Gasteiger partial charge < -0.3 is 4.74 Å². The molecule has 2 unspecified atom stereocenters. The van der Waals surface area contributed by atoms with E-state index in [0.717, 1.165) is 23.4 Å². The lowest BCUT2D eigenvalue weighted by molar-refractivity contribution is 0.184. The Bertz CT molecular complexity index is 919. The third-order valence-electron chi connectivity index (χ3n) is 5.27. The van der Waals surface area contributed by atoms with Crippen LogP contribution in [-0.4, -0.2) is 41.7 Å². The van der Waals surface area contributed by atoms with E-state index in [1.807, 2.05) is 10.9 Å². The molecule has 1 aromatic carbocycles. The molecule has 2 aromatic rings. The molecule has 6 nitrogen and oxygen atoms in total. The van der Waals surface area contributed by atoms with Crippen LogP contribution in [0, 0.1) is 5.82 Å². The van der Waals surface area contributed by atoms with Gasteiger partial charge >= 0.3 is 0 Å². The average molecular weight is 444 g/mol. The van der Waals surface area contributed by atoms with E-state index in [0.29, 0.717) is 12.8 Å². The average Bonchev–Trinajstić information content (AvgIpc) is 3.16. The Kier molecular flexibility index (Phi) is 4.56. The molecule has 2 saturated heterocycles. The molecule has 26 heavy (non-hydrogen) atoms. The van der Waals surface area contributed by atoms with E-state index in [-0.39, 0.29) is 28.8 Å². The summed E-state index contributed by atoms with van der Waals surface area (Å²) in [6.07, 6.45) is 6.66. The number of piperidine rings is 1. The van der Waals surface area contributed by atoms with Crippen molar-refractivity contribution in [3.63, 3.8) is 0 Å². The molecule has 140 valence electrons. The monoisotopic (exact) mass is 443 g/mol. The molecule has 0 spiro atoms. The maximum atomic E-state index is 13.7. The van der Waals surface area contributed by atoms with Gasteiger partial charge in [0.1, 0.15) is 16.5 Å². The fraction of sp³-hybridized carbons (Fsp3) is 0.471. The number of hydrogen-bond donors (Lipinski definition) is 0. The van der Waals surface area contributed by atoms with E-state index in [4.69, 9.17) is 4.74 Å². The first kappa shape index (κ1) is 17.9. The SMILES string of the molecule is COc1ccc(F)cc1S(=O)(=O)N1C2CCC1CC(n1cc(Br)cn1)C2. The molecule has 0 radical (unpaired) electrons. The maximum Gasteiger partial charge on any atom is 0.247 e. The Labute approximate surface area is 160 Å². The molecule has 0 saturated carbocycles. The molecule has 3 heterocycles. The topological polar surface area (TPSA) is 64.4 Å². The van der Waals surface area contributed by atoms with Crippen molar-refractivity contribution in [2.45, 2.75) is 48.7 Å². The van der Waals surface area contributed by atoms with Crippen LogP contribution < -0.4 is 4.74 Å². The van der Waals surface area contributed by atoms with Gasteiger partial charge in [-0.15, -0.1) is 0 Å². The van der Waals surface area contributed by atoms with Gasteiger partial charge in [-0.1, -0.05) is 0 Å². The summed E-state index contributed by atoms with van der Waals surface area (Å²) in [4.78, 5) is -0.0998. The number of benzene rings is 1. The predicted molar refractivity (Wildman–Crippen MR) is 97.0 cm³/mol. The van der Waals surface area contributed by atoms with Crippen molar-refractivity contribution in [3.05, 3.63) is 40.9 Å². The standard InChI is InChI=1S/C17H19BrFN3O3S/c1-25-16-5-2-12(19)6-17(16)26(23,24)22-13-3-4-14(22)8-15(7-13)21-10-11(18)9-20-21/h2,5-6,9-10,13-15H,3-4,7-8H2,1H3. The van der Waals surface area contributed by atoms with Crippen LogP contribution in [0.4, 0.5) is 4.39 Å². The second-order valence-corrected chi connectivity index (χ2v) is 9.51. The lowest BCUT2D eigenvalue weighted by Crippen LogP contribution is -2.46. The summed E-state index contributed by atoms with van der Waals surface area (Å²) in [6.45, 7) is 0. The fourth-order valence-electron chi connectivity index (χ4n) is 4.19. The van der Waals surface area contributed by atoms with Crippen LogP contribution in [0.5, 0.6) is 5.75 Å². The van der Waals surface area contributed by atoms with Crippen LogP contribution >= 0.6 is 15.9 Å². The molecule has 9 heteroatoms.